The Labute approximate surface area is 160 Å². The van der Waals surface area contributed by atoms with Crippen LogP contribution in [0.2, 0.25) is 0 Å². The van der Waals surface area contributed by atoms with E-state index in [1.54, 1.807) is 17.0 Å². The molecule has 2 N–H and O–H groups in total. The Morgan fingerprint density at radius 3 is 2.37 bits per heavy atom. The van der Waals surface area contributed by atoms with Gasteiger partial charge in [-0.3, -0.25) is 9.59 Å². The van der Waals surface area contributed by atoms with E-state index in [1.807, 2.05) is 12.1 Å². The zero-order chi connectivity index (χ0) is 19.2. The third kappa shape index (κ3) is 5.08. The molecule has 1 aromatic rings. The van der Waals surface area contributed by atoms with Gasteiger partial charge in [-0.1, -0.05) is 31.4 Å². The number of piperidine rings is 1. The highest BCUT2D eigenvalue weighted by Gasteiger charge is 2.27. The number of hydrogen-bond donors (Lipinski definition) is 1. The minimum Gasteiger partial charge on any atom is -0.452 e. The Hall–Kier alpha value is -2.37. The Balaban J connectivity index is 1.49. The second kappa shape index (κ2) is 9.02. The third-order valence-corrected chi connectivity index (χ3v) is 5.73. The number of primary amides is 1. The van der Waals surface area contributed by atoms with Gasteiger partial charge in [-0.2, -0.15) is 0 Å². The van der Waals surface area contributed by atoms with Gasteiger partial charge in [0, 0.05) is 13.1 Å². The van der Waals surface area contributed by atoms with Crippen molar-refractivity contribution in [2.45, 2.75) is 50.9 Å². The van der Waals surface area contributed by atoms with E-state index in [1.165, 1.54) is 37.7 Å². The second-order valence-electron chi connectivity index (χ2n) is 7.61. The monoisotopic (exact) mass is 372 g/mol. The molecule has 6 heteroatoms. The van der Waals surface area contributed by atoms with Crippen LogP contribution in [0.25, 0.3) is 0 Å². The predicted molar refractivity (Wildman–Crippen MR) is 101 cm³/mol. The highest BCUT2D eigenvalue weighted by molar-refractivity contribution is 5.91. The zero-order valence-corrected chi connectivity index (χ0v) is 15.7. The first-order valence-electron chi connectivity index (χ1n) is 9.89. The van der Waals surface area contributed by atoms with Crippen LogP contribution in [0.1, 0.15) is 66.8 Å². The average molecular weight is 372 g/mol. The molecule has 2 aliphatic rings. The lowest BCUT2D eigenvalue weighted by Crippen LogP contribution is -2.45. The minimum absolute atomic E-state index is 0.284. The predicted octanol–water partition coefficient (Wildman–Crippen LogP) is 2.62. The highest BCUT2D eigenvalue weighted by atomic mass is 16.5. The van der Waals surface area contributed by atoms with Crippen LogP contribution in [-0.4, -0.2) is 42.4 Å². The zero-order valence-electron chi connectivity index (χ0n) is 15.7. The van der Waals surface area contributed by atoms with Crippen molar-refractivity contribution in [3.8, 4) is 0 Å². The van der Waals surface area contributed by atoms with E-state index >= 15 is 0 Å². The first-order chi connectivity index (χ1) is 13.0. The number of ether oxygens (including phenoxy) is 1. The summed E-state index contributed by atoms with van der Waals surface area (Å²) in [5, 5.41) is 0. The fourth-order valence-corrected chi connectivity index (χ4v) is 4.07. The van der Waals surface area contributed by atoms with Crippen molar-refractivity contribution in [1.82, 2.24) is 4.90 Å². The Morgan fingerprint density at radius 2 is 1.70 bits per heavy atom. The normalized spacial score (nSPS) is 20.9. The van der Waals surface area contributed by atoms with Gasteiger partial charge < -0.3 is 15.4 Å². The van der Waals surface area contributed by atoms with Crippen molar-refractivity contribution >= 4 is 17.8 Å². The number of benzene rings is 1. The molecule has 1 atom stereocenters. The molecule has 1 saturated carbocycles. The van der Waals surface area contributed by atoms with Gasteiger partial charge >= 0.3 is 5.97 Å². The summed E-state index contributed by atoms with van der Waals surface area (Å²) < 4.78 is 5.18. The molecule has 3 rings (SSSR count). The van der Waals surface area contributed by atoms with Crippen LogP contribution >= 0.6 is 0 Å². The van der Waals surface area contributed by atoms with Crippen molar-refractivity contribution in [2.75, 3.05) is 19.7 Å². The molecular formula is C21H28N2O4. The van der Waals surface area contributed by atoms with Crippen LogP contribution in [0.3, 0.4) is 0 Å². The molecule has 6 nitrogen and oxygen atoms in total. The summed E-state index contributed by atoms with van der Waals surface area (Å²) in [5.41, 5.74) is 7.06. The molecule has 0 spiro atoms. The number of nitrogens with two attached hydrogens (primary N) is 1. The van der Waals surface area contributed by atoms with Gasteiger partial charge in [-0.15, -0.1) is 0 Å². The molecule has 1 aliphatic carbocycles. The Morgan fingerprint density at radius 1 is 1.00 bits per heavy atom. The third-order valence-electron chi connectivity index (χ3n) is 5.73. The SMILES string of the molecule is NC(=O)[C@H]1CCCN(C(=O)COC(=O)c2ccc(C3CCCCC3)cc2)C1. The maximum Gasteiger partial charge on any atom is 0.338 e. The molecule has 27 heavy (non-hydrogen) atoms. The van der Waals surface area contributed by atoms with E-state index in [0.29, 0.717) is 31.0 Å². The number of amides is 2. The molecule has 1 aromatic carbocycles. The number of esters is 1. The van der Waals surface area contributed by atoms with Crippen LogP contribution in [0.4, 0.5) is 0 Å². The van der Waals surface area contributed by atoms with Crippen molar-refractivity contribution in [2.24, 2.45) is 11.7 Å². The van der Waals surface area contributed by atoms with E-state index in [0.717, 1.165) is 6.42 Å². The summed E-state index contributed by atoms with van der Waals surface area (Å²) in [6.45, 7) is 0.562. The average Bonchev–Trinajstić information content (AvgIpc) is 2.72. The van der Waals surface area contributed by atoms with Crippen molar-refractivity contribution in [3.63, 3.8) is 0 Å². The summed E-state index contributed by atoms with van der Waals surface area (Å²) in [4.78, 5) is 37.4. The summed E-state index contributed by atoms with van der Waals surface area (Å²) in [5.74, 6) is -0.897. The maximum atomic E-state index is 12.3. The number of carbonyl (C=O) groups excluding carboxylic acids is 3. The molecule has 146 valence electrons. The molecule has 1 heterocycles. The van der Waals surface area contributed by atoms with E-state index in [4.69, 9.17) is 10.5 Å². The second-order valence-corrected chi connectivity index (χ2v) is 7.61. The fourth-order valence-electron chi connectivity index (χ4n) is 4.07. The quantitative estimate of drug-likeness (QED) is 0.805. The molecule has 2 fully saturated rings. The fraction of sp³-hybridized carbons (Fsp3) is 0.571. The van der Waals surface area contributed by atoms with E-state index in [2.05, 4.69) is 0 Å². The first-order valence-corrected chi connectivity index (χ1v) is 9.89. The van der Waals surface area contributed by atoms with Crippen molar-refractivity contribution in [1.29, 1.82) is 0 Å². The molecule has 2 amide bonds. The number of hydrogen-bond acceptors (Lipinski definition) is 4. The molecule has 0 unspecified atom stereocenters. The lowest BCUT2D eigenvalue weighted by atomic mass is 9.84. The van der Waals surface area contributed by atoms with Crippen LogP contribution < -0.4 is 5.73 Å². The number of rotatable bonds is 5. The van der Waals surface area contributed by atoms with Gasteiger partial charge in [0.15, 0.2) is 6.61 Å². The van der Waals surface area contributed by atoms with Gasteiger partial charge in [0.25, 0.3) is 5.91 Å². The summed E-state index contributed by atoms with van der Waals surface area (Å²) in [7, 11) is 0. The molecule has 0 aromatic heterocycles. The number of carbonyl (C=O) groups is 3. The molecular weight excluding hydrogens is 344 g/mol. The summed E-state index contributed by atoms with van der Waals surface area (Å²) >= 11 is 0. The van der Waals surface area contributed by atoms with Gasteiger partial charge in [0.1, 0.15) is 0 Å². The molecule has 1 aliphatic heterocycles. The van der Waals surface area contributed by atoms with Crippen LogP contribution in [0.5, 0.6) is 0 Å². The van der Waals surface area contributed by atoms with Crippen molar-refractivity contribution in [3.05, 3.63) is 35.4 Å². The number of nitrogens with zero attached hydrogens (tertiary/aromatic N) is 1. The maximum absolute atomic E-state index is 12.3. The topological polar surface area (TPSA) is 89.7 Å². The number of likely N-dealkylation sites (tertiary alicyclic amines) is 1. The summed E-state index contributed by atoms with van der Waals surface area (Å²) in [6, 6.07) is 7.55. The lowest BCUT2D eigenvalue weighted by Gasteiger charge is -2.31. The van der Waals surface area contributed by atoms with Gasteiger partial charge in [0.2, 0.25) is 5.91 Å². The minimum atomic E-state index is -0.498. The van der Waals surface area contributed by atoms with E-state index in [-0.39, 0.29) is 24.3 Å². The molecule has 0 radical (unpaired) electrons. The standard InChI is InChI=1S/C21H28N2O4/c22-20(25)18-7-4-12-23(13-18)19(24)14-27-21(26)17-10-8-16(9-11-17)15-5-2-1-3-6-15/h8-11,15,18H,1-7,12-14H2,(H2,22,25)/t18-/m0/s1. The first kappa shape index (κ1) is 19.4. The van der Waals surface area contributed by atoms with Gasteiger partial charge in [0.05, 0.1) is 11.5 Å². The van der Waals surface area contributed by atoms with Gasteiger partial charge in [-0.05, 0) is 49.3 Å². The summed E-state index contributed by atoms with van der Waals surface area (Å²) in [6.07, 6.45) is 7.70. The lowest BCUT2D eigenvalue weighted by molar-refractivity contribution is -0.137. The molecule has 1 saturated heterocycles. The Kier molecular flexibility index (Phi) is 6.48. The smallest absolute Gasteiger partial charge is 0.338 e. The highest BCUT2D eigenvalue weighted by Crippen LogP contribution is 2.32. The molecule has 0 bridgehead atoms. The van der Waals surface area contributed by atoms with Crippen LogP contribution in [-0.2, 0) is 14.3 Å². The van der Waals surface area contributed by atoms with Gasteiger partial charge in [-0.25, -0.2) is 4.79 Å². The Bertz CT molecular complexity index is 680. The van der Waals surface area contributed by atoms with Crippen molar-refractivity contribution < 1.29 is 19.1 Å². The van der Waals surface area contributed by atoms with E-state index < -0.39 is 5.97 Å². The largest absolute Gasteiger partial charge is 0.452 e. The van der Waals surface area contributed by atoms with Crippen LogP contribution in [0.15, 0.2) is 24.3 Å². The van der Waals surface area contributed by atoms with Crippen LogP contribution in [0, 0.1) is 5.92 Å². The van der Waals surface area contributed by atoms with E-state index in [9.17, 15) is 14.4 Å².